The van der Waals surface area contributed by atoms with Gasteiger partial charge < -0.3 is 15.2 Å². The maximum atomic E-state index is 11.4. The molecule has 1 heterocycles. The van der Waals surface area contributed by atoms with E-state index in [0.29, 0.717) is 19.6 Å². The molecule has 0 aromatic heterocycles. The Balaban J connectivity index is 2.09. The molecule has 0 spiro atoms. The maximum absolute atomic E-state index is 11.4. The Morgan fingerprint density at radius 3 is 2.93 bits per heavy atom. The Bertz CT molecular complexity index is 184. The van der Waals surface area contributed by atoms with Crippen molar-refractivity contribution in [3.05, 3.63) is 0 Å². The van der Waals surface area contributed by atoms with Gasteiger partial charge in [0.05, 0.1) is 12.7 Å². The quantitative estimate of drug-likeness (QED) is 0.500. The molecule has 0 bridgehead atoms. The molecule has 1 fully saturated rings. The molecule has 0 radical (unpaired) electrons. The summed E-state index contributed by atoms with van der Waals surface area (Å²) in [7, 11) is 0. The van der Waals surface area contributed by atoms with E-state index < -0.39 is 6.10 Å². The highest BCUT2D eigenvalue weighted by atomic mass is 16.5. The first-order valence-corrected chi connectivity index (χ1v) is 5.32. The van der Waals surface area contributed by atoms with E-state index in [1.807, 2.05) is 0 Å². The van der Waals surface area contributed by atoms with Crippen molar-refractivity contribution in [2.45, 2.75) is 44.8 Å². The number of rotatable bonds is 5. The van der Waals surface area contributed by atoms with Crippen LogP contribution >= 0.6 is 0 Å². The molecule has 1 aliphatic heterocycles. The summed E-state index contributed by atoms with van der Waals surface area (Å²) in [6.07, 6.45) is 3.22. The summed E-state index contributed by atoms with van der Waals surface area (Å²) in [5.74, 6) is -0.224. The topological polar surface area (TPSA) is 58.6 Å². The van der Waals surface area contributed by atoms with Crippen molar-refractivity contribution >= 4 is 5.97 Å². The summed E-state index contributed by atoms with van der Waals surface area (Å²) < 4.78 is 5.06. The predicted octanol–water partition coefficient (Wildman–Crippen LogP) is 0.443. The van der Waals surface area contributed by atoms with Crippen LogP contribution in [0.4, 0.5) is 0 Å². The molecule has 4 nitrogen and oxygen atoms in total. The fourth-order valence-electron chi connectivity index (χ4n) is 1.52. The normalized spacial score (nSPS) is 26.4. The third-order valence-electron chi connectivity index (χ3n) is 2.38. The van der Waals surface area contributed by atoms with Gasteiger partial charge in [0.2, 0.25) is 0 Å². The minimum Gasteiger partial charge on any atom is -0.465 e. The van der Waals surface area contributed by atoms with E-state index in [4.69, 9.17) is 4.74 Å². The largest absolute Gasteiger partial charge is 0.465 e. The van der Waals surface area contributed by atoms with Crippen LogP contribution in [0.25, 0.3) is 0 Å². The zero-order valence-electron chi connectivity index (χ0n) is 8.66. The number of nitrogens with one attached hydrogen (secondary N) is 1. The number of aliphatic hydroxyl groups excluding tert-OH is 1. The summed E-state index contributed by atoms with van der Waals surface area (Å²) in [6, 6.07) is -0.299. The molecule has 4 heteroatoms. The molecule has 1 rings (SSSR count). The third kappa shape index (κ3) is 3.64. The number of β-amino-alcohol motifs (C(OH)–C–C–N with tert-alkyl or cyclic N) is 1. The average molecular weight is 201 g/mol. The van der Waals surface area contributed by atoms with Gasteiger partial charge in [0.25, 0.3) is 0 Å². The van der Waals surface area contributed by atoms with Crippen LogP contribution in [-0.4, -0.2) is 36.4 Å². The van der Waals surface area contributed by atoms with Crippen molar-refractivity contribution in [1.29, 1.82) is 0 Å². The Kier molecular flexibility index (Phi) is 4.90. The fraction of sp³-hybridized carbons (Fsp3) is 0.900. The highest BCUT2D eigenvalue weighted by molar-refractivity contribution is 5.76. The monoisotopic (exact) mass is 201 g/mol. The number of aliphatic hydroxyl groups is 1. The molecule has 2 N–H and O–H groups in total. The molecule has 0 aromatic rings. The van der Waals surface area contributed by atoms with Gasteiger partial charge in [0.15, 0.2) is 0 Å². The van der Waals surface area contributed by atoms with Gasteiger partial charge in [-0.05, 0) is 6.42 Å². The first-order chi connectivity index (χ1) is 6.74. The molecular formula is C10H19NO3. The van der Waals surface area contributed by atoms with Crippen molar-refractivity contribution in [2.24, 2.45) is 0 Å². The zero-order valence-corrected chi connectivity index (χ0v) is 8.66. The highest BCUT2D eigenvalue weighted by Crippen LogP contribution is 2.08. The lowest BCUT2D eigenvalue weighted by Gasteiger charge is -2.09. The van der Waals surface area contributed by atoms with E-state index in [9.17, 15) is 9.90 Å². The van der Waals surface area contributed by atoms with Gasteiger partial charge in [-0.15, -0.1) is 0 Å². The minimum absolute atomic E-state index is 0.224. The zero-order chi connectivity index (χ0) is 10.4. The van der Waals surface area contributed by atoms with E-state index in [-0.39, 0.29) is 12.0 Å². The number of carbonyl (C=O) groups is 1. The SMILES string of the molecule is CCCCCOC(=O)[C@H]1C[C@@H](O)CN1. The van der Waals surface area contributed by atoms with Gasteiger partial charge in [-0.25, -0.2) is 0 Å². The fourth-order valence-corrected chi connectivity index (χ4v) is 1.52. The van der Waals surface area contributed by atoms with Crippen LogP contribution in [0, 0.1) is 0 Å². The summed E-state index contributed by atoms with van der Waals surface area (Å²) >= 11 is 0. The van der Waals surface area contributed by atoms with Gasteiger partial charge in [0, 0.05) is 13.0 Å². The Morgan fingerprint density at radius 1 is 1.57 bits per heavy atom. The van der Waals surface area contributed by atoms with Gasteiger partial charge in [-0.3, -0.25) is 4.79 Å². The maximum Gasteiger partial charge on any atom is 0.323 e. The minimum atomic E-state index is -0.400. The molecule has 1 aliphatic rings. The van der Waals surface area contributed by atoms with Crippen molar-refractivity contribution in [1.82, 2.24) is 5.32 Å². The molecule has 0 saturated carbocycles. The summed E-state index contributed by atoms with van der Waals surface area (Å²) in [5, 5.41) is 12.1. The molecule has 0 amide bonds. The lowest BCUT2D eigenvalue weighted by atomic mass is 10.2. The Labute approximate surface area is 84.6 Å². The van der Waals surface area contributed by atoms with Gasteiger partial charge >= 0.3 is 5.97 Å². The average Bonchev–Trinajstić information content (AvgIpc) is 2.59. The molecule has 0 aliphatic carbocycles. The second-order valence-electron chi connectivity index (χ2n) is 3.72. The van der Waals surface area contributed by atoms with E-state index >= 15 is 0 Å². The van der Waals surface area contributed by atoms with E-state index in [2.05, 4.69) is 12.2 Å². The molecule has 82 valence electrons. The standard InChI is InChI=1S/C10H19NO3/c1-2-3-4-5-14-10(13)9-6-8(12)7-11-9/h8-9,11-12H,2-7H2,1H3/t8-,9-/m1/s1. The molecule has 0 unspecified atom stereocenters. The van der Waals surface area contributed by atoms with E-state index in [1.165, 1.54) is 0 Å². The van der Waals surface area contributed by atoms with Crippen LogP contribution in [0.3, 0.4) is 0 Å². The van der Waals surface area contributed by atoms with Crippen molar-refractivity contribution < 1.29 is 14.6 Å². The lowest BCUT2D eigenvalue weighted by molar-refractivity contribution is -0.146. The second-order valence-corrected chi connectivity index (χ2v) is 3.72. The second kappa shape index (κ2) is 5.98. The van der Waals surface area contributed by atoms with Crippen LogP contribution in [-0.2, 0) is 9.53 Å². The van der Waals surface area contributed by atoms with Gasteiger partial charge in [0.1, 0.15) is 6.04 Å². The first kappa shape index (κ1) is 11.5. The Hall–Kier alpha value is -0.610. The summed E-state index contributed by atoms with van der Waals surface area (Å²) in [6.45, 7) is 3.10. The molecule has 0 aromatic carbocycles. The van der Waals surface area contributed by atoms with Crippen molar-refractivity contribution in [3.63, 3.8) is 0 Å². The number of hydrogen-bond acceptors (Lipinski definition) is 4. The summed E-state index contributed by atoms with van der Waals surface area (Å²) in [4.78, 5) is 11.4. The third-order valence-corrected chi connectivity index (χ3v) is 2.38. The summed E-state index contributed by atoms with van der Waals surface area (Å²) in [5.41, 5.74) is 0. The highest BCUT2D eigenvalue weighted by Gasteiger charge is 2.28. The van der Waals surface area contributed by atoms with Crippen molar-refractivity contribution in [2.75, 3.05) is 13.2 Å². The van der Waals surface area contributed by atoms with Crippen LogP contribution in [0.15, 0.2) is 0 Å². The first-order valence-electron chi connectivity index (χ1n) is 5.32. The van der Waals surface area contributed by atoms with Crippen LogP contribution in [0.2, 0.25) is 0 Å². The number of carbonyl (C=O) groups excluding carboxylic acids is 1. The molecule has 1 saturated heterocycles. The molecular weight excluding hydrogens is 182 g/mol. The van der Waals surface area contributed by atoms with Crippen molar-refractivity contribution in [3.8, 4) is 0 Å². The number of unbranched alkanes of at least 4 members (excludes halogenated alkanes) is 2. The van der Waals surface area contributed by atoms with Crippen LogP contribution in [0.1, 0.15) is 32.6 Å². The Morgan fingerprint density at radius 2 is 2.36 bits per heavy atom. The smallest absolute Gasteiger partial charge is 0.323 e. The predicted molar refractivity (Wildman–Crippen MR) is 52.9 cm³/mol. The molecule has 14 heavy (non-hydrogen) atoms. The number of esters is 1. The lowest BCUT2D eigenvalue weighted by Crippen LogP contribution is -2.32. The van der Waals surface area contributed by atoms with Gasteiger partial charge in [-0.2, -0.15) is 0 Å². The van der Waals surface area contributed by atoms with E-state index in [0.717, 1.165) is 19.3 Å². The number of ether oxygens (including phenoxy) is 1. The van der Waals surface area contributed by atoms with Gasteiger partial charge in [-0.1, -0.05) is 19.8 Å². The molecule has 2 atom stereocenters. The van der Waals surface area contributed by atoms with Crippen LogP contribution < -0.4 is 5.32 Å². The van der Waals surface area contributed by atoms with Crippen LogP contribution in [0.5, 0.6) is 0 Å². The number of hydrogen-bond donors (Lipinski definition) is 2. The van der Waals surface area contributed by atoms with E-state index in [1.54, 1.807) is 0 Å².